The van der Waals surface area contributed by atoms with Crippen molar-refractivity contribution < 1.29 is 8.83 Å². The molecule has 0 atom stereocenters. The molecular formula is C90H56N6O2. The van der Waals surface area contributed by atoms with Gasteiger partial charge in [-0.15, -0.1) is 0 Å². The van der Waals surface area contributed by atoms with Gasteiger partial charge in [0.15, 0.2) is 34.9 Å². The number of hydrogen-bond acceptors (Lipinski definition) is 8. The van der Waals surface area contributed by atoms with Gasteiger partial charge in [0.25, 0.3) is 0 Å². The summed E-state index contributed by atoms with van der Waals surface area (Å²) in [6, 6.07) is 118. The molecule has 98 heavy (non-hydrogen) atoms. The zero-order valence-electron chi connectivity index (χ0n) is 52.8. The van der Waals surface area contributed by atoms with E-state index < -0.39 is 0 Å². The van der Waals surface area contributed by atoms with Crippen LogP contribution >= 0.6 is 0 Å². The molecule has 0 aliphatic heterocycles. The molecule has 4 heterocycles. The lowest BCUT2D eigenvalue weighted by atomic mass is 9.94. The number of hydrogen-bond donors (Lipinski definition) is 0. The van der Waals surface area contributed by atoms with Gasteiger partial charge < -0.3 is 8.83 Å². The van der Waals surface area contributed by atoms with Crippen LogP contribution in [0.25, 0.3) is 190 Å². The Labute approximate surface area is 565 Å². The van der Waals surface area contributed by atoms with E-state index in [4.69, 9.17) is 38.7 Å². The second-order valence-electron chi connectivity index (χ2n) is 24.6. The zero-order chi connectivity index (χ0) is 64.9. The van der Waals surface area contributed by atoms with Crippen molar-refractivity contribution in [2.45, 2.75) is 0 Å². The summed E-state index contributed by atoms with van der Waals surface area (Å²) in [5.74, 6) is 3.36. The molecule has 0 fully saturated rings. The van der Waals surface area contributed by atoms with E-state index >= 15 is 0 Å². The molecule has 14 aromatic carbocycles. The maximum atomic E-state index is 6.81. The van der Waals surface area contributed by atoms with Gasteiger partial charge in [0.1, 0.15) is 22.3 Å². The highest BCUT2D eigenvalue weighted by Gasteiger charge is 2.20. The molecule has 0 N–H and O–H groups in total. The molecule has 458 valence electrons. The predicted molar refractivity (Wildman–Crippen MR) is 398 cm³/mol. The first kappa shape index (κ1) is 57.4. The number of furan rings is 2. The summed E-state index contributed by atoms with van der Waals surface area (Å²) in [6.07, 6.45) is 0. The van der Waals surface area contributed by atoms with E-state index in [-0.39, 0.29) is 0 Å². The van der Waals surface area contributed by atoms with Gasteiger partial charge in [-0.25, -0.2) is 29.9 Å². The van der Waals surface area contributed by atoms with Crippen molar-refractivity contribution in [3.8, 4) is 146 Å². The molecule has 8 heteroatoms. The number of rotatable bonds is 13. The highest BCUT2D eigenvalue weighted by molar-refractivity contribution is 6.07. The van der Waals surface area contributed by atoms with Crippen LogP contribution in [0, 0.1) is 0 Å². The third-order valence-corrected chi connectivity index (χ3v) is 18.4. The normalized spacial score (nSPS) is 11.5. The van der Waals surface area contributed by atoms with Gasteiger partial charge in [-0.2, -0.15) is 0 Å². The lowest BCUT2D eigenvalue weighted by molar-refractivity contribution is 0.668. The Hall–Kier alpha value is -13.3. The topological polar surface area (TPSA) is 104 Å². The number of aromatic nitrogens is 6. The molecule has 0 radical (unpaired) electrons. The van der Waals surface area contributed by atoms with Crippen molar-refractivity contribution >= 4 is 43.9 Å². The van der Waals surface area contributed by atoms with Crippen LogP contribution < -0.4 is 0 Å². The Balaban J connectivity index is 0.684. The number of benzene rings is 14. The Morgan fingerprint density at radius 1 is 0.133 bits per heavy atom. The van der Waals surface area contributed by atoms with E-state index in [2.05, 4.69) is 291 Å². The van der Waals surface area contributed by atoms with E-state index in [0.29, 0.717) is 34.9 Å². The quantitative estimate of drug-likeness (QED) is 0.112. The number of nitrogens with zero attached hydrogens (tertiary/aromatic N) is 6. The van der Waals surface area contributed by atoms with Gasteiger partial charge in [0.05, 0.1) is 0 Å². The molecule has 0 aliphatic carbocycles. The molecule has 0 saturated heterocycles. The van der Waals surface area contributed by atoms with Crippen LogP contribution in [0.2, 0.25) is 0 Å². The van der Waals surface area contributed by atoms with E-state index in [0.717, 1.165) is 150 Å². The second-order valence-corrected chi connectivity index (χ2v) is 24.6. The highest BCUT2D eigenvalue weighted by atomic mass is 16.3. The maximum absolute atomic E-state index is 6.81. The Morgan fingerprint density at radius 3 is 0.816 bits per heavy atom. The number of fused-ring (bicyclic) bond motifs is 6. The standard InChI is InChI=1S/C90H56N6O2/c1-5-17-57(18-6-1)61-35-39-65(40-36-61)85-91-87(71-28-16-27-69(50-71)68-26-15-25-67(49-68)59-21-9-3-10-22-59)95-88(92-85)73-45-48-80-79-46-43-70(54-82(79)98-84(80)56-73)63-31-33-64(34-32-63)75-51-74(60-23-11-4-12-24-60)52-76(53-75)90-94-86(66-41-37-62(38-42-66)58-19-7-2-8-20-58)93-89(96-90)72-44-47-78-77-29-13-14-30-81(77)97-83(78)55-72/h1-56H. The summed E-state index contributed by atoms with van der Waals surface area (Å²) in [5, 5.41) is 4.12. The first-order valence-corrected chi connectivity index (χ1v) is 32.8. The molecule has 18 rings (SSSR count). The largest absolute Gasteiger partial charge is 0.456 e. The minimum Gasteiger partial charge on any atom is -0.456 e. The van der Waals surface area contributed by atoms with E-state index in [9.17, 15) is 0 Å². The molecule has 0 amide bonds. The van der Waals surface area contributed by atoms with Gasteiger partial charge in [0.2, 0.25) is 0 Å². The first-order chi connectivity index (χ1) is 48.5. The summed E-state index contributed by atoms with van der Waals surface area (Å²) in [7, 11) is 0. The smallest absolute Gasteiger partial charge is 0.164 e. The Bertz CT molecular complexity index is 6010. The molecule has 4 aromatic heterocycles. The number of para-hydroxylation sites is 1. The van der Waals surface area contributed by atoms with Gasteiger partial charge in [0, 0.05) is 54.9 Å². The van der Waals surface area contributed by atoms with E-state index in [1.165, 1.54) is 5.56 Å². The van der Waals surface area contributed by atoms with Crippen molar-refractivity contribution in [1.29, 1.82) is 0 Å². The highest BCUT2D eigenvalue weighted by Crippen LogP contribution is 2.40. The summed E-state index contributed by atoms with van der Waals surface area (Å²) >= 11 is 0. The van der Waals surface area contributed by atoms with Crippen molar-refractivity contribution in [2.24, 2.45) is 0 Å². The molecule has 0 bridgehead atoms. The first-order valence-electron chi connectivity index (χ1n) is 32.8. The van der Waals surface area contributed by atoms with E-state index in [1.54, 1.807) is 0 Å². The molecule has 0 aliphatic rings. The van der Waals surface area contributed by atoms with Crippen LogP contribution in [-0.4, -0.2) is 29.9 Å². The predicted octanol–water partition coefficient (Wildman–Crippen LogP) is 23.5. The van der Waals surface area contributed by atoms with Crippen LogP contribution in [0.1, 0.15) is 0 Å². The average molecular weight is 1250 g/mol. The molecule has 0 spiro atoms. The van der Waals surface area contributed by atoms with Crippen LogP contribution in [0.4, 0.5) is 0 Å². The summed E-state index contributed by atoms with van der Waals surface area (Å²) in [4.78, 5) is 31.4. The lowest BCUT2D eigenvalue weighted by Crippen LogP contribution is -2.00. The monoisotopic (exact) mass is 1250 g/mol. The van der Waals surface area contributed by atoms with E-state index in [1.807, 2.05) is 48.5 Å². The minimum atomic E-state index is 0.545. The summed E-state index contributed by atoms with van der Waals surface area (Å²) < 4.78 is 13.2. The van der Waals surface area contributed by atoms with Crippen LogP contribution in [-0.2, 0) is 0 Å². The third-order valence-electron chi connectivity index (χ3n) is 18.4. The Kier molecular flexibility index (Phi) is 14.4. The third kappa shape index (κ3) is 11.1. The van der Waals surface area contributed by atoms with Gasteiger partial charge in [-0.3, -0.25) is 0 Å². The van der Waals surface area contributed by atoms with Crippen LogP contribution in [0.3, 0.4) is 0 Å². The molecule has 18 aromatic rings. The molecular weight excluding hydrogens is 1200 g/mol. The van der Waals surface area contributed by atoms with Crippen LogP contribution in [0.5, 0.6) is 0 Å². The fraction of sp³-hybridized carbons (Fsp3) is 0. The van der Waals surface area contributed by atoms with Gasteiger partial charge in [-0.05, 0) is 151 Å². The minimum absolute atomic E-state index is 0.545. The van der Waals surface area contributed by atoms with Crippen LogP contribution in [0.15, 0.2) is 349 Å². The molecule has 0 saturated carbocycles. The zero-order valence-corrected chi connectivity index (χ0v) is 52.8. The Morgan fingerprint density at radius 2 is 0.357 bits per heavy atom. The van der Waals surface area contributed by atoms with Gasteiger partial charge in [-0.1, -0.05) is 267 Å². The van der Waals surface area contributed by atoms with Crippen molar-refractivity contribution in [1.82, 2.24) is 29.9 Å². The summed E-state index contributed by atoms with van der Waals surface area (Å²) in [6.45, 7) is 0. The lowest BCUT2D eigenvalue weighted by Gasteiger charge is -2.13. The fourth-order valence-corrected chi connectivity index (χ4v) is 13.3. The average Bonchev–Trinajstić information content (AvgIpc) is 1.59. The van der Waals surface area contributed by atoms with Crippen molar-refractivity contribution in [2.75, 3.05) is 0 Å². The molecule has 8 nitrogen and oxygen atoms in total. The molecule has 0 unspecified atom stereocenters. The SMILES string of the molecule is c1ccc(-c2ccc(-c3nc(-c4cc(-c5ccccc5)cc(-c5ccc(-c6ccc7c(c6)oc6cc(-c8nc(-c9ccc(-c%10ccccc%10)cc9)nc(-c9cccc(-c%10cccc(-c%11ccccc%11)c%10)c9)n8)ccc67)cc5)c4)nc(-c4ccc5c(c4)oc4ccccc45)n3)cc2)cc1. The fourth-order valence-electron chi connectivity index (χ4n) is 13.3. The summed E-state index contributed by atoms with van der Waals surface area (Å²) in [5.41, 5.74) is 23.5. The van der Waals surface area contributed by atoms with Crippen molar-refractivity contribution in [3.63, 3.8) is 0 Å². The van der Waals surface area contributed by atoms with Crippen molar-refractivity contribution in [3.05, 3.63) is 340 Å². The van der Waals surface area contributed by atoms with Gasteiger partial charge >= 0.3 is 0 Å². The maximum Gasteiger partial charge on any atom is 0.164 e. The second kappa shape index (κ2) is 24.6.